The third kappa shape index (κ3) is 4.07. The molecule has 2 aromatic rings. The standard InChI is InChI=1S/C18H24N4O3S/c1-3-13-26(23,24)18-8-7-17(19-20-18)22-11-9-21(10-12-22)15-5-4-6-16(14-15)25-2/h4-8,14H,3,9-13H2,1-2H3. The van der Waals surface area contributed by atoms with Gasteiger partial charge in [-0.15, -0.1) is 10.2 Å². The molecule has 7 nitrogen and oxygen atoms in total. The zero-order valence-corrected chi connectivity index (χ0v) is 15.9. The van der Waals surface area contributed by atoms with Crippen molar-refractivity contribution in [3.63, 3.8) is 0 Å². The van der Waals surface area contributed by atoms with Crippen molar-refractivity contribution < 1.29 is 13.2 Å². The van der Waals surface area contributed by atoms with Crippen molar-refractivity contribution in [3.05, 3.63) is 36.4 Å². The van der Waals surface area contributed by atoms with E-state index in [2.05, 4.69) is 26.1 Å². The zero-order valence-electron chi connectivity index (χ0n) is 15.1. The van der Waals surface area contributed by atoms with Crippen molar-refractivity contribution in [2.24, 2.45) is 0 Å². The number of anilines is 2. The van der Waals surface area contributed by atoms with E-state index in [1.54, 1.807) is 19.2 Å². The quantitative estimate of drug-likeness (QED) is 0.763. The van der Waals surface area contributed by atoms with Crippen LogP contribution in [0.1, 0.15) is 13.3 Å². The second-order valence-corrected chi connectivity index (χ2v) is 8.28. The van der Waals surface area contributed by atoms with Crippen molar-refractivity contribution in [3.8, 4) is 5.75 Å². The molecule has 1 saturated heterocycles. The Bertz CT molecular complexity index is 832. The minimum atomic E-state index is -3.32. The molecular formula is C18H24N4O3S. The van der Waals surface area contributed by atoms with Gasteiger partial charge in [-0.25, -0.2) is 8.42 Å². The molecule has 1 aliphatic rings. The number of hydrogen-bond acceptors (Lipinski definition) is 7. The van der Waals surface area contributed by atoms with Crippen LogP contribution >= 0.6 is 0 Å². The number of piperazine rings is 1. The molecule has 1 aliphatic heterocycles. The molecule has 140 valence electrons. The lowest BCUT2D eigenvalue weighted by atomic mass is 10.2. The van der Waals surface area contributed by atoms with Crippen LogP contribution in [0.15, 0.2) is 41.4 Å². The Balaban J connectivity index is 1.64. The average Bonchev–Trinajstić information content (AvgIpc) is 2.68. The SMILES string of the molecule is CCCS(=O)(=O)c1ccc(N2CCN(c3cccc(OC)c3)CC2)nn1. The van der Waals surface area contributed by atoms with E-state index in [0.717, 1.165) is 37.6 Å². The highest BCUT2D eigenvalue weighted by atomic mass is 32.2. The third-order valence-corrected chi connectivity index (χ3v) is 6.24. The Morgan fingerprint density at radius 3 is 2.38 bits per heavy atom. The molecule has 0 saturated carbocycles. The van der Waals surface area contributed by atoms with Gasteiger partial charge in [0.05, 0.1) is 12.9 Å². The predicted molar refractivity (Wildman–Crippen MR) is 102 cm³/mol. The number of benzene rings is 1. The molecule has 0 atom stereocenters. The summed E-state index contributed by atoms with van der Waals surface area (Å²) in [4.78, 5) is 4.42. The summed E-state index contributed by atoms with van der Waals surface area (Å²) in [6, 6.07) is 11.3. The van der Waals surface area contributed by atoms with E-state index in [1.807, 2.05) is 25.1 Å². The van der Waals surface area contributed by atoms with Crippen molar-refractivity contribution in [1.29, 1.82) is 0 Å². The second-order valence-electron chi connectivity index (χ2n) is 6.22. The Hall–Kier alpha value is -2.35. The van der Waals surface area contributed by atoms with Crippen LogP contribution in [-0.2, 0) is 9.84 Å². The van der Waals surface area contributed by atoms with Gasteiger partial charge in [0.1, 0.15) is 5.75 Å². The minimum absolute atomic E-state index is 0.0538. The smallest absolute Gasteiger partial charge is 0.197 e. The van der Waals surface area contributed by atoms with Gasteiger partial charge in [0.15, 0.2) is 20.7 Å². The van der Waals surface area contributed by atoms with Gasteiger partial charge in [-0.2, -0.15) is 0 Å². The van der Waals surface area contributed by atoms with Gasteiger partial charge in [0.25, 0.3) is 0 Å². The van der Waals surface area contributed by atoms with Crippen LogP contribution < -0.4 is 14.5 Å². The van der Waals surface area contributed by atoms with Gasteiger partial charge >= 0.3 is 0 Å². The van der Waals surface area contributed by atoms with Crippen LogP contribution in [-0.4, -0.2) is 57.7 Å². The summed E-state index contributed by atoms with van der Waals surface area (Å²) in [5.41, 5.74) is 1.14. The molecule has 8 heteroatoms. The fourth-order valence-electron chi connectivity index (χ4n) is 3.02. The summed E-state index contributed by atoms with van der Waals surface area (Å²) in [7, 11) is -1.65. The normalized spacial score (nSPS) is 15.2. The molecule has 0 radical (unpaired) electrons. The van der Waals surface area contributed by atoms with Crippen molar-refractivity contribution in [1.82, 2.24) is 10.2 Å². The number of ether oxygens (including phenoxy) is 1. The van der Waals surface area contributed by atoms with Gasteiger partial charge in [0, 0.05) is 37.9 Å². The molecule has 2 heterocycles. The number of nitrogens with zero attached hydrogens (tertiary/aromatic N) is 4. The largest absolute Gasteiger partial charge is 0.497 e. The average molecular weight is 376 g/mol. The first-order chi connectivity index (χ1) is 12.5. The Kier molecular flexibility index (Phi) is 5.61. The summed E-state index contributed by atoms with van der Waals surface area (Å²) in [5.74, 6) is 1.66. The maximum atomic E-state index is 12.0. The first kappa shape index (κ1) is 18.4. The molecule has 0 amide bonds. The molecule has 0 spiro atoms. The first-order valence-electron chi connectivity index (χ1n) is 8.74. The van der Waals surface area contributed by atoms with Crippen molar-refractivity contribution in [2.45, 2.75) is 18.4 Å². The highest BCUT2D eigenvalue weighted by Gasteiger charge is 2.21. The molecule has 3 rings (SSSR count). The summed E-state index contributed by atoms with van der Waals surface area (Å²) >= 11 is 0. The third-order valence-electron chi connectivity index (χ3n) is 4.44. The van der Waals surface area contributed by atoms with E-state index >= 15 is 0 Å². The van der Waals surface area contributed by atoms with Gasteiger partial charge in [0.2, 0.25) is 0 Å². The van der Waals surface area contributed by atoms with Crippen LogP contribution in [0.4, 0.5) is 11.5 Å². The molecule has 1 aromatic carbocycles. The van der Waals surface area contributed by atoms with E-state index in [0.29, 0.717) is 12.2 Å². The fraction of sp³-hybridized carbons (Fsp3) is 0.444. The number of rotatable bonds is 6. The van der Waals surface area contributed by atoms with E-state index in [4.69, 9.17) is 4.74 Å². The molecule has 0 bridgehead atoms. The summed E-state index contributed by atoms with van der Waals surface area (Å²) in [5, 5.41) is 8.12. The van der Waals surface area contributed by atoms with Crippen LogP contribution in [0, 0.1) is 0 Å². The van der Waals surface area contributed by atoms with Gasteiger partial charge < -0.3 is 14.5 Å². The number of methoxy groups -OCH3 is 1. The molecule has 0 unspecified atom stereocenters. The van der Waals surface area contributed by atoms with Crippen molar-refractivity contribution >= 4 is 21.3 Å². The maximum absolute atomic E-state index is 12.0. The van der Waals surface area contributed by atoms with E-state index in [1.165, 1.54) is 0 Å². The lowest BCUT2D eigenvalue weighted by Crippen LogP contribution is -2.46. The Labute approximate surface area is 154 Å². The lowest BCUT2D eigenvalue weighted by molar-refractivity contribution is 0.414. The number of hydrogen-bond donors (Lipinski definition) is 0. The van der Waals surface area contributed by atoms with Crippen LogP contribution in [0.3, 0.4) is 0 Å². The predicted octanol–water partition coefficient (Wildman–Crippen LogP) is 2.00. The van der Waals surface area contributed by atoms with Crippen LogP contribution in [0.2, 0.25) is 0 Å². The Morgan fingerprint density at radius 2 is 1.77 bits per heavy atom. The Morgan fingerprint density at radius 1 is 1.04 bits per heavy atom. The number of sulfone groups is 1. The van der Waals surface area contributed by atoms with Gasteiger partial charge in [-0.3, -0.25) is 0 Å². The van der Waals surface area contributed by atoms with E-state index in [9.17, 15) is 8.42 Å². The lowest BCUT2D eigenvalue weighted by Gasteiger charge is -2.36. The van der Waals surface area contributed by atoms with Gasteiger partial charge in [-0.05, 0) is 30.7 Å². The molecule has 1 aromatic heterocycles. The fourth-order valence-corrected chi connectivity index (χ4v) is 4.21. The zero-order chi connectivity index (χ0) is 18.6. The maximum Gasteiger partial charge on any atom is 0.197 e. The molecule has 26 heavy (non-hydrogen) atoms. The van der Waals surface area contributed by atoms with E-state index in [-0.39, 0.29) is 10.8 Å². The second kappa shape index (κ2) is 7.90. The monoisotopic (exact) mass is 376 g/mol. The van der Waals surface area contributed by atoms with Gasteiger partial charge in [-0.1, -0.05) is 13.0 Å². The summed E-state index contributed by atoms with van der Waals surface area (Å²) < 4.78 is 29.4. The minimum Gasteiger partial charge on any atom is -0.497 e. The first-order valence-corrected chi connectivity index (χ1v) is 10.4. The molecule has 1 fully saturated rings. The molecule has 0 N–H and O–H groups in total. The number of aromatic nitrogens is 2. The highest BCUT2D eigenvalue weighted by molar-refractivity contribution is 7.91. The molecular weight excluding hydrogens is 352 g/mol. The summed E-state index contributed by atoms with van der Waals surface area (Å²) in [6.45, 7) is 5.14. The van der Waals surface area contributed by atoms with Crippen LogP contribution in [0.25, 0.3) is 0 Å². The topological polar surface area (TPSA) is 75.6 Å². The highest BCUT2D eigenvalue weighted by Crippen LogP contribution is 2.23. The van der Waals surface area contributed by atoms with Crippen molar-refractivity contribution in [2.75, 3.05) is 48.8 Å². The molecule has 0 aliphatic carbocycles. The van der Waals surface area contributed by atoms with E-state index < -0.39 is 9.84 Å². The van der Waals surface area contributed by atoms with Crippen LogP contribution in [0.5, 0.6) is 5.75 Å². The summed E-state index contributed by atoms with van der Waals surface area (Å²) in [6.07, 6.45) is 0.567.